The molecule has 3 aromatic carbocycles. The number of nitrogens with zero attached hydrogens (tertiary/aromatic N) is 1. The molecule has 2 atom stereocenters. The fourth-order valence-electron chi connectivity index (χ4n) is 5.74. The molecular formula is C36H44BrNO4. The maximum absolute atomic E-state index is 13.7. The molecule has 0 radical (unpaired) electrons. The van der Waals surface area contributed by atoms with Gasteiger partial charge in [0.25, 0.3) is 0 Å². The molecule has 0 bridgehead atoms. The number of esters is 1. The van der Waals surface area contributed by atoms with Crippen LogP contribution in [0.1, 0.15) is 73.7 Å². The summed E-state index contributed by atoms with van der Waals surface area (Å²) in [6, 6.07) is 22.5. The maximum Gasteiger partial charge on any atom is 0.350 e. The van der Waals surface area contributed by atoms with Gasteiger partial charge in [0.15, 0.2) is 11.4 Å². The molecule has 1 aliphatic heterocycles. The third kappa shape index (κ3) is 8.32. The Bertz CT molecular complexity index is 1370. The summed E-state index contributed by atoms with van der Waals surface area (Å²) < 4.78 is 12.8. The second kappa shape index (κ2) is 13.1. The van der Waals surface area contributed by atoms with E-state index in [1.807, 2.05) is 65.0 Å². The number of likely N-dealkylation sites (tertiary alicyclic amines) is 1. The van der Waals surface area contributed by atoms with Crippen molar-refractivity contribution in [1.82, 2.24) is 4.90 Å². The second-order valence-corrected chi connectivity index (χ2v) is 14.0. The van der Waals surface area contributed by atoms with Crippen molar-refractivity contribution in [1.29, 1.82) is 0 Å². The first kappa shape index (κ1) is 32.0. The molecule has 0 N–H and O–H groups in total. The van der Waals surface area contributed by atoms with E-state index in [1.165, 1.54) is 11.1 Å². The Labute approximate surface area is 259 Å². The summed E-state index contributed by atoms with van der Waals surface area (Å²) >= 11 is 3.49. The predicted molar refractivity (Wildman–Crippen MR) is 172 cm³/mol. The number of hydrogen-bond donors (Lipinski definition) is 0. The van der Waals surface area contributed by atoms with Crippen LogP contribution >= 0.6 is 15.9 Å². The fraction of sp³-hybridized carbons (Fsp3) is 0.444. The number of ketones is 1. The molecule has 0 unspecified atom stereocenters. The summed E-state index contributed by atoms with van der Waals surface area (Å²) in [5.41, 5.74) is 3.53. The average Bonchev–Trinajstić information content (AvgIpc) is 3.31. The van der Waals surface area contributed by atoms with Crippen LogP contribution in [0, 0.1) is 25.7 Å². The van der Waals surface area contributed by atoms with Crippen molar-refractivity contribution < 1.29 is 19.1 Å². The van der Waals surface area contributed by atoms with Crippen molar-refractivity contribution in [2.75, 3.05) is 13.1 Å². The van der Waals surface area contributed by atoms with Crippen molar-refractivity contribution in [3.8, 4) is 5.75 Å². The van der Waals surface area contributed by atoms with Gasteiger partial charge >= 0.3 is 5.97 Å². The number of carbonyl (C=O) groups is 2. The van der Waals surface area contributed by atoms with Gasteiger partial charge in [-0.1, -0.05) is 70.5 Å². The molecule has 0 aliphatic carbocycles. The van der Waals surface area contributed by atoms with Gasteiger partial charge in [0.2, 0.25) is 0 Å². The van der Waals surface area contributed by atoms with E-state index >= 15 is 0 Å². The highest BCUT2D eigenvalue weighted by Gasteiger charge is 2.38. The topological polar surface area (TPSA) is 55.8 Å². The summed E-state index contributed by atoms with van der Waals surface area (Å²) in [6.45, 7) is 15.6. The molecule has 4 rings (SSSR count). The lowest BCUT2D eigenvalue weighted by molar-refractivity contribution is -0.171. The number of ether oxygens (including phenoxy) is 2. The lowest BCUT2D eigenvalue weighted by Crippen LogP contribution is -2.43. The SMILES string of the molecule is Cc1cc(CC[C@H]2CN(Cc3ccccc3)C[C@@H]2C(=O)c2ccc(Br)cc2)cc(C)c1OC(C)(C)C(=O)OC(C)(C)C. The van der Waals surface area contributed by atoms with E-state index in [9.17, 15) is 9.59 Å². The van der Waals surface area contributed by atoms with Crippen molar-refractivity contribution >= 4 is 27.7 Å². The van der Waals surface area contributed by atoms with E-state index in [4.69, 9.17) is 9.47 Å². The molecule has 3 aromatic rings. The summed E-state index contributed by atoms with van der Waals surface area (Å²) in [7, 11) is 0. The number of halogens is 1. The van der Waals surface area contributed by atoms with Crippen LogP contribution in [0.25, 0.3) is 0 Å². The molecule has 0 amide bonds. The van der Waals surface area contributed by atoms with E-state index < -0.39 is 11.2 Å². The number of aryl methyl sites for hydroxylation is 3. The first-order valence-electron chi connectivity index (χ1n) is 14.8. The normalized spacial score (nSPS) is 17.7. The summed E-state index contributed by atoms with van der Waals surface area (Å²) in [4.78, 5) is 28.9. The van der Waals surface area contributed by atoms with E-state index in [0.29, 0.717) is 5.75 Å². The largest absolute Gasteiger partial charge is 0.476 e. The van der Waals surface area contributed by atoms with Crippen LogP contribution in [0.15, 0.2) is 71.2 Å². The highest BCUT2D eigenvalue weighted by Crippen LogP contribution is 2.34. The molecule has 1 aliphatic rings. The van der Waals surface area contributed by atoms with E-state index in [1.54, 1.807) is 13.8 Å². The molecule has 224 valence electrons. The summed E-state index contributed by atoms with van der Waals surface area (Å²) in [6.07, 6.45) is 1.78. The van der Waals surface area contributed by atoms with Crippen LogP contribution in [0.4, 0.5) is 0 Å². The van der Waals surface area contributed by atoms with E-state index in [-0.39, 0.29) is 23.6 Å². The Morgan fingerprint density at radius 2 is 1.50 bits per heavy atom. The van der Waals surface area contributed by atoms with Gasteiger partial charge in [-0.3, -0.25) is 9.69 Å². The Morgan fingerprint density at radius 1 is 0.881 bits per heavy atom. The highest BCUT2D eigenvalue weighted by molar-refractivity contribution is 9.10. The third-order valence-corrected chi connectivity index (χ3v) is 8.33. The van der Waals surface area contributed by atoms with E-state index in [0.717, 1.165) is 53.6 Å². The van der Waals surface area contributed by atoms with E-state index in [2.05, 4.69) is 57.2 Å². The van der Waals surface area contributed by atoms with Gasteiger partial charge in [0.05, 0.1) is 0 Å². The molecule has 5 nitrogen and oxygen atoms in total. The van der Waals surface area contributed by atoms with Gasteiger partial charge in [0.1, 0.15) is 11.4 Å². The van der Waals surface area contributed by atoms with Gasteiger partial charge in [-0.25, -0.2) is 4.79 Å². The van der Waals surface area contributed by atoms with Crippen LogP contribution in [0.5, 0.6) is 5.75 Å². The number of rotatable bonds is 10. The molecule has 1 fully saturated rings. The monoisotopic (exact) mass is 633 g/mol. The van der Waals surface area contributed by atoms with Gasteiger partial charge in [-0.05, 0) is 102 Å². The summed E-state index contributed by atoms with van der Waals surface area (Å²) in [5.74, 6) is 0.763. The lowest BCUT2D eigenvalue weighted by Gasteiger charge is -2.30. The lowest BCUT2D eigenvalue weighted by atomic mass is 9.84. The smallest absolute Gasteiger partial charge is 0.350 e. The standard InChI is InChI=1S/C36H44BrNO4/c1-24-19-27(20-25(2)33(24)41-36(6,7)34(40)42-35(3,4)5)13-14-29-22-38(21-26-11-9-8-10-12-26)23-31(29)32(39)28-15-17-30(37)18-16-28/h8-12,15-20,29,31H,13-14,21-23H2,1-7H3/t29-,31-/m0/s1. The number of Topliss-reactive ketones (excluding diaryl/α,β-unsaturated/α-hetero) is 1. The molecule has 42 heavy (non-hydrogen) atoms. The van der Waals surface area contributed by atoms with Crippen molar-refractivity contribution in [3.05, 3.63) is 99.0 Å². The molecule has 0 saturated carbocycles. The fourth-order valence-corrected chi connectivity index (χ4v) is 6.01. The molecular weight excluding hydrogens is 590 g/mol. The van der Waals surface area contributed by atoms with Crippen LogP contribution in [-0.2, 0) is 22.5 Å². The first-order valence-corrected chi connectivity index (χ1v) is 15.6. The zero-order chi connectivity index (χ0) is 30.7. The highest BCUT2D eigenvalue weighted by atomic mass is 79.9. The maximum atomic E-state index is 13.7. The predicted octanol–water partition coefficient (Wildman–Crippen LogP) is 8.13. The third-order valence-electron chi connectivity index (χ3n) is 7.80. The molecule has 0 aromatic heterocycles. The zero-order valence-corrected chi connectivity index (χ0v) is 27.6. The van der Waals surface area contributed by atoms with Crippen molar-refractivity contribution in [2.45, 2.75) is 79.1 Å². The van der Waals surface area contributed by atoms with Gasteiger partial charge in [-0.2, -0.15) is 0 Å². The van der Waals surface area contributed by atoms with Gasteiger partial charge in [-0.15, -0.1) is 0 Å². The van der Waals surface area contributed by atoms with Crippen LogP contribution in [0.3, 0.4) is 0 Å². The first-order chi connectivity index (χ1) is 19.7. The van der Waals surface area contributed by atoms with Gasteiger partial charge in [0, 0.05) is 35.6 Å². The Morgan fingerprint density at radius 3 is 2.10 bits per heavy atom. The second-order valence-electron chi connectivity index (χ2n) is 13.1. The molecule has 0 spiro atoms. The summed E-state index contributed by atoms with van der Waals surface area (Å²) in [5, 5.41) is 0. The van der Waals surface area contributed by atoms with Crippen LogP contribution < -0.4 is 4.74 Å². The molecule has 6 heteroatoms. The Hall–Kier alpha value is -2.96. The quantitative estimate of drug-likeness (QED) is 0.167. The number of hydrogen-bond acceptors (Lipinski definition) is 5. The average molecular weight is 635 g/mol. The van der Waals surface area contributed by atoms with Gasteiger partial charge < -0.3 is 9.47 Å². The molecule has 1 saturated heterocycles. The Kier molecular flexibility index (Phi) is 9.99. The minimum atomic E-state index is -1.11. The van der Waals surface area contributed by atoms with Crippen molar-refractivity contribution in [2.24, 2.45) is 11.8 Å². The Balaban J connectivity index is 1.48. The minimum absolute atomic E-state index is 0.0469. The number of carbonyl (C=O) groups excluding carboxylic acids is 2. The molecule has 1 heterocycles. The minimum Gasteiger partial charge on any atom is -0.476 e. The zero-order valence-electron chi connectivity index (χ0n) is 26.0. The van der Waals surface area contributed by atoms with Crippen LogP contribution in [0.2, 0.25) is 0 Å². The van der Waals surface area contributed by atoms with Crippen molar-refractivity contribution in [3.63, 3.8) is 0 Å². The number of benzene rings is 3. The van der Waals surface area contributed by atoms with Crippen LogP contribution in [-0.4, -0.2) is 40.9 Å².